The molecule has 0 radical (unpaired) electrons. The number of fused-ring (bicyclic) bond motifs is 1. The topological polar surface area (TPSA) is 77.1 Å². The number of aromatic nitrogens is 2. The van der Waals surface area contributed by atoms with Crippen LogP contribution in [0.4, 0.5) is 5.69 Å². The van der Waals surface area contributed by atoms with Gasteiger partial charge in [-0.1, -0.05) is 6.07 Å². The third-order valence-electron chi connectivity index (χ3n) is 2.95. The molecule has 0 spiro atoms. The maximum Gasteiger partial charge on any atom is 0.419 e. The summed E-state index contributed by atoms with van der Waals surface area (Å²) in [7, 11) is 1.61. The number of nitrogens with zero attached hydrogens (tertiary/aromatic N) is 2. The smallest absolute Gasteiger partial charge is 0.408 e. The number of nitrogens with one attached hydrogen (secondary N) is 1. The van der Waals surface area contributed by atoms with E-state index in [9.17, 15) is 9.59 Å². The van der Waals surface area contributed by atoms with E-state index in [1.807, 2.05) is 0 Å². The van der Waals surface area contributed by atoms with Crippen LogP contribution in [0.1, 0.15) is 10.5 Å². The fourth-order valence-electron chi connectivity index (χ4n) is 1.90. The number of carbonyl (C=O) groups is 1. The molecule has 100 valence electrons. The van der Waals surface area contributed by atoms with E-state index in [2.05, 4.69) is 10.3 Å². The molecule has 0 saturated heterocycles. The molecule has 0 aliphatic heterocycles. The lowest BCUT2D eigenvalue weighted by molar-refractivity contribution is 0.102. The van der Waals surface area contributed by atoms with Crippen LogP contribution in [-0.2, 0) is 7.05 Å². The fourth-order valence-corrected chi connectivity index (χ4v) is 1.90. The molecule has 6 nitrogen and oxygen atoms in total. The van der Waals surface area contributed by atoms with Gasteiger partial charge >= 0.3 is 5.76 Å². The molecule has 0 aliphatic rings. The lowest BCUT2D eigenvalue weighted by atomic mass is 10.2. The molecule has 0 atom stereocenters. The molecule has 1 aromatic carbocycles. The van der Waals surface area contributed by atoms with Crippen molar-refractivity contribution < 1.29 is 9.21 Å². The second-order valence-electron chi connectivity index (χ2n) is 4.28. The van der Waals surface area contributed by atoms with Gasteiger partial charge in [0.2, 0.25) is 0 Å². The van der Waals surface area contributed by atoms with Gasteiger partial charge in [0, 0.05) is 18.9 Å². The average Bonchev–Trinajstić information content (AvgIpc) is 2.75. The molecule has 0 bridgehead atoms. The minimum Gasteiger partial charge on any atom is -0.408 e. The monoisotopic (exact) mass is 269 g/mol. The van der Waals surface area contributed by atoms with Crippen LogP contribution >= 0.6 is 0 Å². The van der Waals surface area contributed by atoms with Crippen molar-refractivity contribution in [2.45, 2.75) is 0 Å². The van der Waals surface area contributed by atoms with Crippen molar-refractivity contribution in [2.75, 3.05) is 5.32 Å². The number of hydrogen-bond donors (Lipinski definition) is 1. The molecule has 3 rings (SSSR count). The molecule has 0 saturated carbocycles. The molecule has 2 aromatic heterocycles. The van der Waals surface area contributed by atoms with Crippen LogP contribution in [0, 0.1) is 0 Å². The van der Waals surface area contributed by atoms with Crippen LogP contribution in [0.15, 0.2) is 51.8 Å². The Hall–Kier alpha value is -2.89. The van der Waals surface area contributed by atoms with Crippen LogP contribution in [-0.4, -0.2) is 15.5 Å². The highest BCUT2D eigenvalue weighted by atomic mass is 16.4. The van der Waals surface area contributed by atoms with Crippen LogP contribution in [0.25, 0.3) is 11.1 Å². The minimum atomic E-state index is -0.437. The Bertz CT molecular complexity index is 834. The number of hydrogen-bond acceptors (Lipinski definition) is 4. The van der Waals surface area contributed by atoms with Crippen LogP contribution in [0.2, 0.25) is 0 Å². The summed E-state index contributed by atoms with van der Waals surface area (Å²) in [6.07, 6.45) is 1.55. The van der Waals surface area contributed by atoms with Gasteiger partial charge in [-0.25, -0.2) is 4.79 Å². The van der Waals surface area contributed by atoms with E-state index >= 15 is 0 Å². The van der Waals surface area contributed by atoms with E-state index in [1.165, 1.54) is 4.57 Å². The Morgan fingerprint density at radius 1 is 1.30 bits per heavy atom. The number of benzene rings is 1. The summed E-state index contributed by atoms with van der Waals surface area (Å²) in [5.74, 6) is -0.744. The molecular weight excluding hydrogens is 258 g/mol. The van der Waals surface area contributed by atoms with E-state index in [4.69, 9.17) is 4.42 Å². The third kappa shape index (κ3) is 2.07. The van der Waals surface area contributed by atoms with E-state index in [-0.39, 0.29) is 5.91 Å². The zero-order valence-corrected chi connectivity index (χ0v) is 10.7. The van der Waals surface area contributed by atoms with Crippen molar-refractivity contribution in [3.8, 4) is 0 Å². The number of oxazole rings is 1. The Labute approximate surface area is 113 Å². The summed E-state index contributed by atoms with van der Waals surface area (Å²) in [5.41, 5.74) is 2.00. The zero-order chi connectivity index (χ0) is 14.1. The summed E-state index contributed by atoms with van der Waals surface area (Å²) < 4.78 is 6.41. The van der Waals surface area contributed by atoms with E-state index in [0.29, 0.717) is 22.5 Å². The molecule has 0 fully saturated rings. The lowest BCUT2D eigenvalue weighted by Gasteiger charge is -2.04. The maximum absolute atomic E-state index is 12.0. The van der Waals surface area contributed by atoms with Crippen molar-refractivity contribution in [1.29, 1.82) is 0 Å². The molecule has 0 aliphatic carbocycles. The molecule has 20 heavy (non-hydrogen) atoms. The maximum atomic E-state index is 12.0. The summed E-state index contributed by atoms with van der Waals surface area (Å²) in [6.45, 7) is 0. The Balaban J connectivity index is 1.93. The number of amides is 1. The van der Waals surface area contributed by atoms with Gasteiger partial charge in [-0.3, -0.25) is 14.3 Å². The number of anilines is 1. The summed E-state index contributed by atoms with van der Waals surface area (Å²) in [4.78, 5) is 27.3. The molecule has 3 aromatic rings. The Morgan fingerprint density at radius 3 is 2.90 bits per heavy atom. The lowest BCUT2D eigenvalue weighted by Crippen LogP contribution is -2.13. The average molecular weight is 269 g/mol. The highest BCUT2D eigenvalue weighted by Crippen LogP contribution is 2.18. The van der Waals surface area contributed by atoms with Crippen molar-refractivity contribution >= 4 is 22.7 Å². The standard InChI is InChI=1S/C14H11N3O3/c1-17-11-8-9(5-6-12(11)20-14(17)19)16-13(18)10-4-2-3-7-15-10/h2-8H,1H3,(H,16,18). The van der Waals surface area contributed by atoms with Crippen LogP contribution < -0.4 is 11.1 Å². The molecular formula is C14H11N3O3. The molecule has 1 N–H and O–H groups in total. The largest absolute Gasteiger partial charge is 0.419 e. The van der Waals surface area contributed by atoms with Gasteiger partial charge in [0.25, 0.3) is 5.91 Å². The first kappa shape index (κ1) is 12.2. The first-order chi connectivity index (χ1) is 9.65. The highest BCUT2D eigenvalue weighted by Gasteiger charge is 2.10. The predicted octanol–water partition coefficient (Wildman–Crippen LogP) is 1.78. The number of rotatable bonds is 2. The van der Waals surface area contributed by atoms with Gasteiger partial charge in [0.05, 0.1) is 5.52 Å². The summed E-state index contributed by atoms with van der Waals surface area (Å²) >= 11 is 0. The Kier molecular flexibility index (Phi) is 2.83. The first-order valence-corrected chi connectivity index (χ1v) is 5.97. The van der Waals surface area contributed by atoms with Gasteiger partial charge in [0.1, 0.15) is 5.69 Å². The number of carbonyl (C=O) groups excluding carboxylic acids is 1. The van der Waals surface area contributed by atoms with Crippen molar-refractivity contribution in [2.24, 2.45) is 7.05 Å². The highest BCUT2D eigenvalue weighted by molar-refractivity contribution is 6.03. The summed E-state index contributed by atoms with van der Waals surface area (Å²) in [5, 5.41) is 2.73. The van der Waals surface area contributed by atoms with Gasteiger partial charge < -0.3 is 9.73 Å². The van der Waals surface area contributed by atoms with E-state index < -0.39 is 5.76 Å². The van der Waals surface area contributed by atoms with Gasteiger partial charge in [-0.15, -0.1) is 0 Å². The minimum absolute atomic E-state index is 0.307. The predicted molar refractivity (Wildman–Crippen MR) is 73.6 cm³/mol. The third-order valence-corrected chi connectivity index (χ3v) is 2.95. The molecule has 1 amide bonds. The van der Waals surface area contributed by atoms with Crippen LogP contribution in [0.5, 0.6) is 0 Å². The normalized spacial score (nSPS) is 10.7. The van der Waals surface area contributed by atoms with Crippen LogP contribution in [0.3, 0.4) is 0 Å². The van der Waals surface area contributed by atoms with Gasteiger partial charge in [0.15, 0.2) is 5.58 Å². The number of pyridine rings is 1. The first-order valence-electron chi connectivity index (χ1n) is 5.97. The quantitative estimate of drug-likeness (QED) is 0.769. The van der Waals surface area contributed by atoms with E-state index in [1.54, 1.807) is 49.6 Å². The van der Waals surface area contributed by atoms with E-state index in [0.717, 1.165) is 0 Å². The summed E-state index contributed by atoms with van der Waals surface area (Å²) in [6, 6.07) is 10.1. The van der Waals surface area contributed by atoms with Crippen molar-refractivity contribution in [1.82, 2.24) is 9.55 Å². The second-order valence-corrected chi connectivity index (χ2v) is 4.28. The second kappa shape index (κ2) is 4.65. The number of aryl methyl sites for hydroxylation is 1. The Morgan fingerprint density at radius 2 is 2.15 bits per heavy atom. The molecule has 6 heteroatoms. The van der Waals surface area contributed by atoms with Crippen molar-refractivity contribution in [3.63, 3.8) is 0 Å². The fraction of sp³-hybridized carbons (Fsp3) is 0.0714. The zero-order valence-electron chi connectivity index (χ0n) is 10.7. The molecule has 0 unspecified atom stereocenters. The van der Waals surface area contributed by atoms with Gasteiger partial charge in [-0.05, 0) is 30.3 Å². The SMILES string of the molecule is Cn1c(=O)oc2ccc(NC(=O)c3ccccn3)cc21. The van der Waals surface area contributed by atoms with Crippen molar-refractivity contribution in [3.05, 3.63) is 58.8 Å². The molecule has 2 heterocycles. The van der Waals surface area contributed by atoms with Gasteiger partial charge in [-0.2, -0.15) is 0 Å².